The first kappa shape index (κ1) is 12.7. The highest BCUT2D eigenvalue weighted by atomic mass is 16.5. The molecule has 1 saturated heterocycles. The van der Waals surface area contributed by atoms with Crippen molar-refractivity contribution in [1.29, 1.82) is 0 Å². The first-order valence-corrected chi connectivity index (χ1v) is 5.98. The number of benzene rings is 1. The summed E-state index contributed by atoms with van der Waals surface area (Å²) in [4.78, 5) is 13.2. The monoisotopic (exact) mass is 250 g/mol. The van der Waals surface area contributed by atoms with Crippen molar-refractivity contribution in [2.24, 2.45) is 11.7 Å². The molecule has 1 aromatic rings. The number of primary amides is 1. The summed E-state index contributed by atoms with van der Waals surface area (Å²) in [6.45, 7) is 2.09. The van der Waals surface area contributed by atoms with Crippen LogP contribution in [0, 0.1) is 5.92 Å². The lowest BCUT2D eigenvalue weighted by Gasteiger charge is -2.17. The number of likely N-dealkylation sites (tertiary alicyclic amines) is 1. The minimum atomic E-state index is -0.243. The zero-order valence-corrected chi connectivity index (χ0v) is 10.4. The van der Waals surface area contributed by atoms with Crippen LogP contribution in [-0.2, 0) is 11.3 Å². The Morgan fingerprint density at radius 2 is 2.39 bits per heavy atom. The molecule has 5 heteroatoms. The minimum absolute atomic E-state index is 0.0715. The normalized spacial score (nSPS) is 19.9. The van der Waals surface area contributed by atoms with E-state index in [1.165, 1.54) is 7.11 Å². The van der Waals surface area contributed by atoms with E-state index in [-0.39, 0.29) is 17.6 Å². The fourth-order valence-corrected chi connectivity index (χ4v) is 2.31. The van der Waals surface area contributed by atoms with Gasteiger partial charge in [0.05, 0.1) is 13.0 Å². The maximum atomic E-state index is 11.1. The van der Waals surface area contributed by atoms with Crippen LogP contribution in [0.2, 0.25) is 0 Å². The molecule has 1 aliphatic heterocycles. The lowest BCUT2D eigenvalue weighted by Crippen LogP contribution is -2.27. The van der Waals surface area contributed by atoms with E-state index in [0.717, 1.165) is 18.5 Å². The highest BCUT2D eigenvalue weighted by Gasteiger charge is 2.27. The third-order valence-corrected chi connectivity index (χ3v) is 3.37. The first-order valence-electron chi connectivity index (χ1n) is 5.98. The Morgan fingerprint density at radius 3 is 3.00 bits per heavy atom. The topological polar surface area (TPSA) is 75.8 Å². The fraction of sp³-hybridized carbons (Fsp3) is 0.462. The van der Waals surface area contributed by atoms with E-state index in [9.17, 15) is 9.90 Å². The number of phenols is 1. The summed E-state index contributed by atoms with van der Waals surface area (Å²) >= 11 is 0. The molecule has 1 amide bonds. The second kappa shape index (κ2) is 5.27. The number of hydrogen-bond donors (Lipinski definition) is 2. The summed E-state index contributed by atoms with van der Waals surface area (Å²) in [6, 6.07) is 5.42. The molecule has 98 valence electrons. The summed E-state index contributed by atoms with van der Waals surface area (Å²) in [7, 11) is 1.53. The van der Waals surface area contributed by atoms with Gasteiger partial charge in [0, 0.05) is 18.7 Å². The maximum Gasteiger partial charge on any atom is 0.221 e. The quantitative estimate of drug-likeness (QED) is 0.825. The molecule has 1 atom stereocenters. The number of phenolic OH excluding ortho intramolecular Hbond substituents is 1. The molecule has 0 saturated carbocycles. The van der Waals surface area contributed by atoms with Crippen LogP contribution in [0.25, 0.3) is 0 Å². The molecule has 18 heavy (non-hydrogen) atoms. The molecule has 0 bridgehead atoms. The molecule has 0 aromatic heterocycles. The molecule has 1 unspecified atom stereocenters. The van der Waals surface area contributed by atoms with E-state index < -0.39 is 0 Å². The summed E-state index contributed by atoms with van der Waals surface area (Å²) in [5, 5.41) is 9.98. The van der Waals surface area contributed by atoms with E-state index in [2.05, 4.69) is 4.90 Å². The smallest absolute Gasteiger partial charge is 0.221 e. The number of para-hydroxylation sites is 1. The number of rotatable bonds is 4. The van der Waals surface area contributed by atoms with Crippen molar-refractivity contribution >= 4 is 5.91 Å². The third kappa shape index (κ3) is 2.56. The van der Waals surface area contributed by atoms with Gasteiger partial charge in [-0.05, 0) is 19.0 Å². The van der Waals surface area contributed by atoms with Gasteiger partial charge in [0.15, 0.2) is 11.5 Å². The van der Waals surface area contributed by atoms with Crippen molar-refractivity contribution in [1.82, 2.24) is 4.90 Å². The van der Waals surface area contributed by atoms with Gasteiger partial charge in [-0.2, -0.15) is 0 Å². The number of carbonyl (C=O) groups excluding carboxylic acids is 1. The zero-order valence-electron chi connectivity index (χ0n) is 10.4. The van der Waals surface area contributed by atoms with Crippen molar-refractivity contribution in [3.63, 3.8) is 0 Å². The summed E-state index contributed by atoms with van der Waals surface area (Å²) in [5.74, 6) is 0.325. The van der Waals surface area contributed by atoms with Crippen molar-refractivity contribution in [2.45, 2.75) is 13.0 Å². The summed E-state index contributed by atoms with van der Waals surface area (Å²) in [5.41, 5.74) is 6.10. The number of ether oxygens (including phenoxy) is 1. The Balaban J connectivity index is 2.05. The van der Waals surface area contributed by atoms with Gasteiger partial charge in [-0.3, -0.25) is 9.69 Å². The number of methoxy groups -OCH3 is 1. The number of aromatic hydroxyl groups is 1. The highest BCUT2D eigenvalue weighted by molar-refractivity contribution is 5.77. The average molecular weight is 250 g/mol. The van der Waals surface area contributed by atoms with Crippen molar-refractivity contribution < 1.29 is 14.6 Å². The Kier molecular flexibility index (Phi) is 3.72. The fourth-order valence-electron chi connectivity index (χ4n) is 2.31. The Hall–Kier alpha value is -1.75. The van der Waals surface area contributed by atoms with Gasteiger partial charge in [0.2, 0.25) is 5.91 Å². The minimum Gasteiger partial charge on any atom is -0.504 e. The van der Waals surface area contributed by atoms with Gasteiger partial charge >= 0.3 is 0 Å². The number of carbonyl (C=O) groups is 1. The first-order chi connectivity index (χ1) is 8.61. The van der Waals surface area contributed by atoms with Gasteiger partial charge in [0.1, 0.15) is 0 Å². The van der Waals surface area contributed by atoms with Crippen molar-refractivity contribution in [2.75, 3.05) is 20.2 Å². The van der Waals surface area contributed by atoms with Crippen LogP contribution >= 0.6 is 0 Å². The van der Waals surface area contributed by atoms with Gasteiger partial charge in [-0.25, -0.2) is 0 Å². The predicted octanol–water partition coefficient (Wildman–Crippen LogP) is 0.708. The number of nitrogens with two attached hydrogens (primary N) is 1. The number of nitrogens with zero attached hydrogens (tertiary/aromatic N) is 1. The molecule has 3 N–H and O–H groups in total. The third-order valence-electron chi connectivity index (χ3n) is 3.37. The highest BCUT2D eigenvalue weighted by Crippen LogP contribution is 2.31. The molecular weight excluding hydrogens is 232 g/mol. The van der Waals surface area contributed by atoms with Crippen LogP contribution in [-0.4, -0.2) is 36.1 Å². The molecule has 0 radical (unpaired) electrons. The van der Waals surface area contributed by atoms with Crippen LogP contribution in [0.3, 0.4) is 0 Å². The zero-order chi connectivity index (χ0) is 13.1. The second-order valence-corrected chi connectivity index (χ2v) is 4.59. The van der Waals surface area contributed by atoms with E-state index in [4.69, 9.17) is 10.5 Å². The number of amides is 1. The van der Waals surface area contributed by atoms with E-state index in [0.29, 0.717) is 18.8 Å². The standard InChI is InChI=1S/C13H18N2O3/c1-18-11-4-2-3-9(12(11)16)7-15-6-5-10(8-15)13(14)17/h2-4,10,16H,5-8H2,1H3,(H2,14,17). The van der Waals surface area contributed by atoms with Gasteiger partial charge < -0.3 is 15.6 Å². The molecule has 0 aliphatic carbocycles. The largest absolute Gasteiger partial charge is 0.504 e. The summed E-state index contributed by atoms with van der Waals surface area (Å²) < 4.78 is 5.07. The van der Waals surface area contributed by atoms with Gasteiger partial charge in [-0.1, -0.05) is 12.1 Å². The van der Waals surface area contributed by atoms with E-state index in [1.54, 1.807) is 6.07 Å². The molecule has 1 aliphatic rings. The van der Waals surface area contributed by atoms with E-state index >= 15 is 0 Å². The van der Waals surface area contributed by atoms with Crippen LogP contribution < -0.4 is 10.5 Å². The Bertz CT molecular complexity index is 448. The van der Waals surface area contributed by atoms with Gasteiger partial charge in [0.25, 0.3) is 0 Å². The lowest BCUT2D eigenvalue weighted by atomic mass is 10.1. The Labute approximate surface area is 106 Å². The molecular formula is C13H18N2O3. The molecule has 0 spiro atoms. The molecule has 1 heterocycles. The predicted molar refractivity (Wildman–Crippen MR) is 67.2 cm³/mol. The second-order valence-electron chi connectivity index (χ2n) is 4.59. The SMILES string of the molecule is COc1cccc(CN2CCC(C(N)=O)C2)c1O. The maximum absolute atomic E-state index is 11.1. The molecule has 1 fully saturated rings. The van der Waals surface area contributed by atoms with E-state index in [1.807, 2.05) is 12.1 Å². The van der Waals surface area contributed by atoms with Gasteiger partial charge in [-0.15, -0.1) is 0 Å². The van der Waals surface area contributed by atoms with Crippen LogP contribution in [0.5, 0.6) is 11.5 Å². The lowest BCUT2D eigenvalue weighted by molar-refractivity contribution is -0.121. The number of hydrogen-bond acceptors (Lipinski definition) is 4. The molecule has 5 nitrogen and oxygen atoms in total. The van der Waals surface area contributed by atoms with Crippen molar-refractivity contribution in [3.05, 3.63) is 23.8 Å². The Morgan fingerprint density at radius 1 is 1.61 bits per heavy atom. The van der Waals surface area contributed by atoms with Crippen molar-refractivity contribution in [3.8, 4) is 11.5 Å². The van der Waals surface area contributed by atoms with Crippen LogP contribution in [0.1, 0.15) is 12.0 Å². The molecule has 1 aromatic carbocycles. The average Bonchev–Trinajstić information content (AvgIpc) is 2.80. The van der Waals surface area contributed by atoms with Crippen LogP contribution in [0.4, 0.5) is 0 Å². The molecule has 2 rings (SSSR count). The summed E-state index contributed by atoms with van der Waals surface area (Å²) in [6.07, 6.45) is 0.792. The van der Waals surface area contributed by atoms with Crippen LogP contribution in [0.15, 0.2) is 18.2 Å².